The molecule has 0 saturated heterocycles. The van der Waals surface area contributed by atoms with E-state index in [1.165, 1.54) is 0 Å². The van der Waals surface area contributed by atoms with Gasteiger partial charge in [-0.2, -0.15) is 0 Å². The number of amides is 1. The van der Waals surface area contributed by atoms with Gasteiger partial charge in [0.1, 0.15) is 11.5 Å². The van der Waals surface area contributed by atoms with Crippen LogP contribution in [0.25, 0.3) is 0 Å². The third-order valence-electron chi connectivity index (χ3n) is 3.72. The van der Waals surface area contributed by atoms with Crippen molar-refractivity contribution in [1.29, 1.82) is 0 Å². The molecule has 0 heterocycles. The number of halogens is 1. The van der Waals surface area contributed by atoms with Crippen molar-refractivity contribution >= 4 is 28.9 Å². The summed E-state index contributed by atoms with van der Waals surface area (Å²) in [7, 11) is 3.09. The van der Waals surface area contributed by atoms with Crippen molar-refractivity contribution in [2.24, 2.45) is 0 Å². The van der Waals surface area contributed by atoms with Crippen LogP contribution in [-0.4, -0.2) is 32.7 Å². The number of nitrogens with zero attached hydrogens (tertiary/aromatic N) is 1. The van der Waals surface area contributed by atoms with Gasteiger partial charge in [0.05, 0.1) is 31.5 Å². The molecule has 0 aliphatic heterocycles. The molecule has 0 aliphatic rings. The lowest BCUT2D eigenvalue weighted by molar-refractivity contribution is -0.117. The highest BCUT2D eigenvalue weighted by Gasteiger charge is 2.19. The Morgan fingerprint density at radius 3 is 2.32 bits per heavy atom. The van der Waals surface area contributed by atoms with Crippen LogP contribution in [0.1, 0.15) is 13.8 Å². The number of nitrogens with one attached hydrogen (secondary N) is 1. The molecular weight excluding hydrogens is 340 g/mol. The van der Waals surface area contributed by atoms with Crippen molar-refractivity contribution < 1.29 is 14.3 Å². The van der Waals surface area contributed by atoms with Gasteiger partial charge in [-0.05, 0) is 26.0 Å². The molecule has 6 heteroatoms. The summed E-state index contributed by atoms with van der Waals surface area (Å²) in [5.41, 5.74) is 1.51. The monoisotopic (exact) mass is 362 g/mol. The average molecular weight is 363 g/mol. The first kappa shape index (κ1) is 18.9. The van der Waals surface area contributed by atoms with E-state index >= 15 is 0 Å². The second-order valence-electron chi connectivity index (χ2n) is 5.73. The molecule has 0 spiro atoms. The summed E-state index contributed by atoms with van der Waals surface area (Å²) in [4.78, 5) is 14.5. The molecule has 5 nitrogen and oxygen atoms in total. The van der Waals surface area contributed by atoms with Crippen molar-refractivity contribution in [2.45, 2.75) is 19.9 Å². The highest BCUT2D eigenvalue weighted by molar-refractivity contribution is 6.32. The van der Waals surface area contributed by atoms with E-state index in [1.54, 1.807) is 31.3 Å². The minimum Gasteiger partial charge on any atom is -0.495 e. The smallest absolute Gasteiger partial charge is 0.246 e. The van der Waals surface area contributed by atoms with Crippen LogP contribution in [0, 0.1) is 0 Å². The van der Waals surface area contributed by atoms with Gasteiger partial charge in [-0.1, -0.05) is 29.8 Å². The third-order valence-corrected chi connectivity index (χ3v) is 4.02. The Bertz CT molecular complexity index is 720. The molecule has 0 saturated carbocycles. The second kappa shape index (κ2) is 8.62. The summed E-state index contributed by atoms with van der Waals surface area (Å²) < 4.78 is 10.5. The van der Waals surface area contributed by atoms with Crippen LogP contribution in [0.5, 0.6) is 11.5 Å². The molecule has 0 aromatic heterocycles. The maximum Gasteiger partial charge on any atom is 0.246 e. The van der Waals surface area contributed by atoms with Crippen LogP contribution in [0.3, 0.4) is 0 Å². The zero-order chi connectivity index (χ0) is 18.4. The van der Waals surface area contributed by atoms with Crippen LogP contribution in [0.15, 0.2) is 42.5 Å². The Morgan fingerprint density at radius 2 is 1.76 bits per heavy atom. The van der Waals surface area contributed by atoms with Gasteiger partial charge < -0.3 is 19.7 Å². The van der Waals surface area contributed by atoms with E-state index in [1.807, 2.05) is 44.2 Å². The summed E-state index contributed by atoms with van der Waals surface area (Å²) in [6.07, 6.45) is 0. The molecule has 0 radical (unpaired) electrons. The lowest BCUT2D eigenvalue weighted by Gasteiger charge is -2.27. The van der Waals surface area contributed by atoms with Gasteiger partial charge in [0.25, 0.3) is 0 Å². The SMILES string of the molecule is COc1cc(NCC(=O)N(c2ccccc2)C(C)C)c(OC)cc1Cl. The number of hydrogen-bond acceptors (Lipinski definition) is 4. The first-order valence-electron chi connectivity index (χ1n) is 8.00. The van der Waals surface area contributed by atoms with Gasteiger partial charge in [0.15, 0.2) is 0 Å². The molecule has 0 bridgehead atoms. The zero-order valence-corrected chi connectivity index (χ0v) is 15.6. The summed E-state index contributed by atoms with van der Waals surface area (Å²) in [5.74, 6) is 1.02. The average Bonchev–Trinajstić information content (AvgIpc) is 2.61. The number of para-hydroxylation sites is 1. The Morgan fingerprint density at radius 1 is 1.12 bits per heavy atom. The summed E-state index contributed by atoms with van der Waals surface area (Å²) in [5, 5.41) is 3.56. The molecule has 2 rings (SSSR count). The van der Waals surface area contributed by atoms with Crippen LogP contribution < -0.4 is 19.7 Å². The molecule has 0 atom stereocenters. The van der Waals surface area contributed by atoms with E-state index in [-0.39, 0.29) is 18.5 Å². The Kier molecular flexibility index (Phi) is 6.53. The molecule has 0 fully saturated rings. The predicted molar refractivity (Wildman–Crippen MR) is 102 cm³/mol. The van der Waals surface area contributed by atoms with E-state index in [9.17, 15) is 4.79 Å². The van der Waals surface area contributed by atoms with Gasteiger partial charge in [0, 0.05) is 23.9 Å². The fourth-order valence-electron chi connectivity index (χ4n) is 2.57. The molecule has 1 N–H and O–H groups in total. The number of methoxy groups -OCH3 is 2. The quantitative estimate of drug-likeness (QED) is 0.801. The number of carbonyl (C=O) groups is 1. The van der Waals surface area contributed by atoms with E-state index in [0.29, 0.717) is 22.2 Å². The number of rotatable bonds is 7. The lowest BCUT2D eigenvalue weighted by atomic mass is 10.2. The predicted octanol–water partition coefficient (Wildman–Crippen LogP) is 4.21. The van der Waals surface area contributed by atoms with Crippen molar-refractivity contribution in [2.75, 3.05) is 31.0 Å². The van der Waals surface area contributed by atoms with Crippen LogP contribution in [-0.2, 0) is 4.79 Å². The molecule has 1 amide bonds. The maximum absolute atomic E-state index is 12.7. The number of benzene rings is 2. The minimum atomic E-state index is -0.0443. The number of hydrogen-bond donors (Lipinski definition) is 1. The van der Waals surface area contributed by atoms with E-state index in [2.05, 4.69) is 5.32 Å². The fourth-order valence-corrected chi connectivity index (χ4v) is 2.80. The standard InChI is InChI=1S/C19H23ClN2O3/c1-13(2)22(14-8-6-5-7-9-14)19(23)12-21-16-11-17(24-3)15(20)10-18(16)25-4/h5-11,13,21H,12H2,1-4H3. The lowest BCUT2D eigenvalue weighted by Crippen LogP contribution is -2.40. The van der Waals surface area contributed by atoms with Crippen LogP contribution in [0.4, 0.5) is 11.4 Å². The maximum atomic E-state index is 12.7. The van der Waals surface area contributed by atoms with Gasteiger partial charge in [0.2, 0.25) is 5.91 Å². The molecule has 0 aliphatic carbocycles. The van der Waals surface area contributed by atoms with Gasteiger partial charge >= 0.3 is 0 Å². The molecule has 25 heavy (non-hydrogen) atoms. The first-order chi connectivity index (χ1) is 12.0. The van der Waals surface area contributed by atoms with Crippen molar-refractivity contribution in [1.82, 2.24) is 0 Å². The summed E-state index contributed by atoms with van der Waals surface area (Å²) >= 11 is 6.11. The second-order valence-corrected chi connectivity index (χ2v) is 6.14. The van der Waals surface area contributed by atoms with Crippen molar-refractivity contribution in [3.8, 4) is 11.5 Å². The minimum absolute atomic E-state index is 0.0401. The highest BCUT2D eigenvalue weighted by atomic mass is 35.5. The van der Waals surface area contributed by atoms with Gasteiger partial charge in [-0.3, -0.25) is 4.79 Å². The largest absolute Gasteiger partial charge is 0.495 e. The Hall–Kier alpha value is -2.40. The number of anilines is 2. The molecule has 2 aromatic rings. The molecule has 134 valence electrons. The zero-order valence-electron chi connectivity index (χ0n) is 14.9. The Labute approximate surface area is 153 Å². The molecular formula is C19H23ClN2O3. The van der Waals surface area contributed by atoms with Crippen molar-refractivity contribution in [3.63, 3.8) is 0 Å². The Balaban J connectivity index is 2.18. The van der Waals surface area contributed by atoms with E-state index in [0.717, 1.165) is 5.69 Å². The third kappa shape index (κ3) is 4.57. The normalized spacial score (nSPS) is 10.5. The number of carbonyl (C=O) groups excluding carboxylic acids is 1. The number of ether oxygens (including phenoxy) is 2. The van der Waals surface area contributed by atoms with Crippen molar-refractivity contribution in [3.05, 3.63) is 47.5 Å². The molecule has 0 unspecified atom stereocenters. The fraction of sp³-hybridized carbons (Fsp3) is 0.316. The summed E-state index contributed by atoms with van der Waals surface area (Å²) in [6, 6.07) is 13.0. The van der Waals surface area contributed by atoms with E-state index < -0.39 is 0 Å². The first-order valence-corrected chi connectivity index (χ1v) is 8.38. The topological polar surface area (TPSA) is 50.8 Å². The summed E-state index contributed by atoms with van der Waals surface area (Å²) in [6.45, 7) is 4.09. The van der Waals surface area contributed by atoms with Gasteiger partial charge in [-0.25, -0.2) is 0 Å². The molecule has 2 aromatic carbocycles. The van der Waals surface area contributed by atoms with Crippen LogP contribution >= 0.6 is 11.6 Å². The van der Waals surface area contributed by atoms with Gasteiger partial charge in [-0.15, -0.1) is 0 Å². The van der Waals surface area contributed by atoms with E-state index in [4.69, 9.17) is 21.1 Å². The van der Waals surface area contributed by atoms with Crippen LogP contribution in [0.2, 0.25) is 5.02 Å². The highest BCUT2D eigenvalue weighted by Crippen LogP contribution is 2.35.